The zero-order valence-corrected chi connectivity index (χ0v) is 15.6. The van der Waals surface area contributed by atoms with E-state index in [2.05, 4.69) is 25.6 Å². The number of hydrogen-bond donors (Lipinski definition) is 2. The Bertz CT molecular complexity index is 910. The summed E-state index contributed by atoms with van der Waals surface area (Å²) in [4.78, 5) is 26.9. The molecule has 0 unspecified atom stereocenters. The van der Waals surface area contributed by atoms with E-state index < -0.39 is 0 Å². The third-order valence-electron chi connectivity index (χ3n) is 3.84. The summed E-state index contributed by atoms with van der Waals surface area (Å²) >= 11 is 0. The third kappa shape index (κ3) is 5.24. The molecule has 0 aliphatic carbocycles. The van der Waals surface area contributed by atoms with Crippen molar-refractivity contribution in [1.82, 2.24) is 15.0 Å². The minimum atomic E-state index is -0.0699. The summed E-state index contributed by atoms with van der Waals surface area (Å²) in [6, 6.07) is 13.0. The van der Waals surface area contributed by atoms with Gasteiger partial charge in [-0.25, -0.2) is 4.98 Å². The van der Waals surface area contributed by atoms with E-state index in [-0.39, 0.29) is 5.91 Å². The van der Waals surface area contributed by atoms with Crippen LogP contribution in [0.3, 0.4) is 0 Å². The number of nitrogens with zero attached hydrogens (tertiary/aromatic N) is 4. The number of anilines is 4. The predicted molar refractivity (Wildman–Crippen MR) is 107 cm³/mol. The Hall–Kier alpha value is -3.48. The molecule has 2 N–H and O–H groups in total. The van der Waals surface area contributed by atoms with Gasteiger partial charge in [0.25, 0.3) is 0 Å². The van der Waals surface area contributed by atoms with Gasteiger partial charge in [-0.2, -0.15) is 4.98 Å². The van der Waals surface area contributed by atoms with Gasteiger partial charge in [-0.3, -0.25) is 9.78 Å². The zero-order valence-electron chi connectivity index (χ0n) is 15.6. The Morgan fingerprint density at radius 1 is 1.00 bits per heavy atom. The fourth-order valence-corrected chi connectivity index (χ4v) is 2.49. The van der Waals surface area contributed by atoms with Crippen LogP contribution in [0.25, 0.3) is 0 Å². The lowest BCUT2D eigenvalue weighted by Gasteiger charge is -2.14. The Kier molecular flexibility index (Phi) is 5.61. The molecule has 7 heteroatoms. The Labute approximate surface area is 158 Å². The van der Waals surface area contributed by atoms with Crippen molar-refractivity contribution in [3.63, 3.8) is 0 Å². The van der Waals surface area contributed by atoms with Gasteiger partial charge >= 0.3 is 0 Å². The van der Waals surface area contributed by atoms with Crippen LogP contribution in [0.4, 0.5) is 23.1 Å². The summed E-state index contributed by atoms with van der Waals surface area (Å²) in [5.74, 6) is 1.30. The average molecular weight is 362 g/mol. The number of benzene rings is 1. The summed E-state index contributed by atoms with van der Waals surface area (Å²) < 4.78 is 0. The predicted octanol–water partition coefficient (Wildman–Crippen LogP) is 3.17. The van der Waals surface area contributed by atoms with Crippen LogP contribution < -0.4 is 15.5 Å². The van der Waals surface area contributed by atoms with Crippen LogP contribution in [0.5, 0.6) is 0 Å². The van der Waals surface area contributed by atoms with Gasteiger partial charge < -0.3 is 15.5 Å². The second-order valence-electron chi connectivity index (χ2n) is 6.37. The lowest BCUT2D eigenvalue weighted by Crippen LogP contribution is -2.14. The Morgan fingerprint density at radius 3 is 2.33 bits per heavy atom. The number of hydrogen-bond acceptors (Lipinski definition) is 6. The molecule has 0 atom stereocenters. The maximum atomic E-state index is 12.1. The number of rotatable bonds is 6. The summed E-state index contributed by atoms with van der Waals surface area (Å²) in [7, 11) is 3.88. The molecule has 0 saturated carbocycles. The fourth-order valence-electron chi connectivity index (χ4n) is 2.49. The van der Waals surface area contributed by atoms with E-state index in [0.29, 0.717) is 12.4 Å². The molecule has 1 amide bonds. The quantitative estimate of drug-likeness (QED) is 0.701. The van der Waals surface area contributed by atoms with Crippen LogP contribution in [0.1, 0.15) is 11.3 Å². The first-order valence-corrected chi connectivity index (χ1v) is 8.58. The first-order chi connectivity index (χ1) is 13.0. The van der Waals surface area contributed by atoms with E-state index in [1.165, 1.54) is 0 Å². The molecule has 0 bridgehead atoms. The topological polar surface area (TPSA) is 83.0 Å². The summed E-state index contributed by atoms with van der Waals surface area (Å²) in [6.45, 7) is 1.93. The molecule has 0 fully saturated rings. The molecular formula is C20H22N6O. The van der Waals surface area contributed by atoms with E-state index in [0.717, 1.165) is 28.5 Å². The second kappa shape index (κ2) is 8.27. The zero-order chi connectivity index (χ0) is 19.2. The number of pyridine rings is 1. The van der Waals surface area contributed by atoms with Gasteiger partial charge in [-0.05, 0) is 48.9 Å². The standard InChI is InChI=1S/C20H22N6O/c1-14-12-18(26(2)3)25-20(22-14)24-17-6-4-16(5-7-17)23-19(27)13-15-8-10-21-11-9-15/h4-12H,13H2,1-3H3,(H,23,27)(H,22,24,25). The van der Waals surface area contributed by atoms with E-state index >= 15 is 0 Å². The maximum Gasteiger partial charge on any atom is 0.229 e. The molecule has 27 heavy (non-hydrogen) atoms. The molecule has 0 spiro atoms. The SMILES string of the molecule is Cc1cc(N(C)C)nc(Nc2ccc(NC(=O)Cc3ccncc3)cc2)n1. The molecule has 3 aromatic rings. The third-order valence-corrected chi connectivity index (χ3v) is 3.84. The number of nitrogens with one attached hydrogen (secondary N) is 2. The van der Waals surface area contributed by atoms with Gasteiger partial charge in [0.1, 0.15) is 5.82 Å². The van der Waals surface area contributed by atoms with Crippen molar-refractivity contribution in [2.45, 2.75) is 13.3 Å². The highest BCUT2D eigenvalue weighted by Crippen LogP contribution is 2.19. The van der Waals surface area contributed by atoms with Crippen LogP contribution >= 0.6 is 0 Å². The van der Waals surface area contributed by atoms with Crippen LogP contribution in [0.2, 0.25) is 0 Å². The minimum absolute atomic E-state index is 0.0699. The normalized spacial score (nSPS) is 10.3. The number of amides is 1. The lowest BCUT2D eigenvalue weighted by molar-refractivity contribution is -0.115. The smallest absolute Gasteiger partial charge is 0.229 e. The van der Waals surface area contributed by atoms with Gasteiger partial charge in [0, 0.05) is 49.6 Å². The van der Waals surface area contributed by atoms with Crippen LogP contribution in [0.15, 0.2) is 54.9 Å². The van der Waals surface area contributed by atoms with Gasteiger partial charge in [0.2, 0.25) is 11.9 Å². The summed E-state index contributed by atoms with van der Waals surface area (Å²) in [5.41, 5.74) is 3.39. The van der Waals surface area contributed by atoms with Crippen molar-refractivity contribution in [3.8, 4) is 0 Å². The first-order valence-electron chi connectivity index (χ1n) is 8.58. The molecule has 138 valence electrons. The molecule has 0 radical (unpaired) electrons. The second-order valence-corrected chi connectivity index (χ2v) is 6.37. The monoisotopic (exact) mass is 362 g/mol. The Morgan fingerprint density at radius 2 is 1.67 bits per heavy atom. The van der Waals surface area contributed by atoms with Crippen LogP contribution in [-0.4, -0.2) is 35.0 Å². The highest BCUT2D eigenvalue weighted by molar-refractivity contribution is 5.92. The summed E-state index contributed by atoms with van der Waals surface area (Å²) in [5, 5.41) is 6.08. The Balaban J connectivity index is 1.63. The van der Waals surface area contributed by atoms with Crippen molar-refractivity contribution >= 4 is 29.0 Å². The van der Waals surface area contributed by atoms with Gasteiger partial charge in [-0.15, -0.1) is 0 Å². The molecule has 0 saturated heterocycles. The van der Waals surface area contributed by atoms with Gasteiger partial charge in [0.15, 0.2) is 0 Å². The number of aromatic nitrogens is 3. The molecule has 2 heterocycles. The van der Waals surface area contributed by atoms with Crippen molar-refractivity contribution in [2.24, 2.45) is 0 Å². The average Bonchev–Trinajstić information content (AvgIpc) is 2.63. The van der Waals surface area contributed by atoms with Gasteiger partial charge in [0.05, 0.1) is 6.42 Å². The molecule has 7 nitrogen and oxygen atoms in total. The fraction of sp³-hybridized carbons (Fsp3) is 0.200. The molecular weight excluding hydrogens is 340 g/mol. The van der Waals surface area contributed by atoms with E-state index in [1.54, 1.807) is 12.4 Å². The van der Waals surface area contributed by atoms with Crippen LogP contribution in [0, 0.1) is 6.92 Å². The van der Waals surface area contributed by atoms with Gasteiger partial charge in [-0.1, -0.05) is 0 Å². The minimum Gasteiger partial charge on any atom is -0.363 e. The maximum absolute atomic E-state index is 12.1. The number of carbonyl (C=O) groups is 1. The molecule has 0 aliphatic rings. The van der Waals surface area contributed by atoms with E-state index in [4.69, 9.17) is 0 Å². The first kappa shape index (κ1) is 18.3. The molecule has 1 aromatic carbocycles. The van der Waals surface area contributed by atoms with E-state index in [9.17, 15) is 4.79 Å². The molecule has 0 aliphatic heterocycles. The lowest BCUT2D eigenvalue weighted by atomic mass is 10.2. The molecule has 3 rings (SSSR count). The van der Waals surface area contributed by atoms with Crippen LogP contribution in [-0.2, 0) is 11.2 Å². The number of aryl methyl sites for hydroxylation is 1. The van der Waals surface area contributed by atoms with Crippen molar-refractivity contribution in [3.05, 3.63) is 66.1 Å². The largest absolute Gasteiger partial charge is 0.363 e. The van der Waals surface area contributed by atoms with Crippen molar-refractivity contribution < 1.29 is 4.79 Å². The highest BCUT2D eigenvalue weighted by atomic mass is 16.1. The van der Waals surface area contributed by atoms with Crippen molar-refractivity contribution in [1.29, 1.82) is 0 Å². The number of carbonyl (C=O) groups excluding carboxylic acids is 1. The van der Waals surface area contributed by atoms with E-state index in [1.807, 2.05) is 68.4 Å². The highest BCUT2D eigenvalue weighted by Gasteiger charge is 2.06. The van der Waals surface area contributed by atoms with Crippen molar-refractivity contribution in [2.75, 3.05) is 29.6 Å². The molecule has 2 aromatic heterocycles. The summed E-state index contributed by atoms with van der Waals surface area (Å²) in [6.07, 6.45) is 3.67.